The molecule has 0 aliphatic heterocycles. The highest BCUT2D eigenvalue weighted by Crippen LogP contribution is 2.22. The van der Waals surface area contributed by atoms with E-state index in [-0.39, 0.29) is 5.96 Å². The van der Waals surface area contributed by atoms with E-state index in [0.717, 1.165) is 22.6 Å². The molecule has 18 heavy (non-hydrogen) atoms. The van der Waals surface area contributed by atoms with Gasteiger partial charge in [-0.15, -0.1) is 5.10 Å². The molecule has 0 amide bonds. The molecule has 5 nitrogen and oxygen atoms in total. The maximum absolute atomic E-state index is 5.56. The third-order valence-electron chi connectivity index (χ3n) is 2.29. The van der Waals surface area contributed by atoms with Crippen LogP contribution >= 0.6 is 0 Å². The van der Waals surface area contributed by atoms with Crippen molar-refractivity contribution in [3.8, 4) is 11.3 Å². The van der Waals surface area contributed by atoms with Gasteiger partial charge in [-0.25, -0.2) is 0 Å². The quantitative estimate of drug-likeness (QED) is 0.489. The van der Waals surface area contributed by atoms with E-state index in [1.165, 1.54) is 0 Å². The summed E-state index contributed by atoms with van der Waals surface area (Å²) in [6, 6.07) is 11.6. The van der Waals surface area contributed by atoms with Crippen LogP contribution in [-0.4, -0.2) is 12.2 Å². The van der Waals surface area contributed by atoms with Gasteiger partial charge in [0.15, 0.2) is 0 Å². The number of benzene rings is 1. The lowest BCUT2D eigenvalue weighted by atomic mass is 10.1. The molecule has 1 aromatic heterocycles. The lowest BCUT2D eigenvalue weighted by molar-refractivity contribution is 0.548. The number of furan rings is 1. The van der Waals surface area contributed by atoms with Gasteiger partial charge in [0.05, 0.1) is 6.21 Å². The van der Waals surface area contributed by atoms with Gasteiger partial charge in [0, 0.05) is 5.56 Å². The number of aryl methyl sites for hydroxylation is 1. The SMILES string of the molecule is Cc1ccc(-c2cccc(C=NN=C(N)N)c2)o1. The number of nitrogens with two attached hydrogens (primary N) is 2. The highest BCUT2D eigenvalue weighted by molar-refractivity contribution is 5.83. The number of guanidine groups is 1. The van der Waals surface area contributed by atoms with E-state index in [1.807, 2.05) is 43.3 Å². The molecule has 5 heteroatoms. The summed E-state index contributed by atoms with van der Waals surface area (Å²) >= 11 is 0. The van der Waals surface area contributed by atoms with Gasteiger partial charge in [-0.05, 0) is 30.7 Å². The third-order valence-corrected chi connectivity index (χ3v) is 2.29. The summed E-state index contributed by atoms with van der Waals surface area (Å²) in [5.41, 5.74) is 12.2. The molecule has 0 radical (unpaired) electrons. The van der Waals surface area contributed by atoms with Gasteiger partial charge in [0.25, 0.3) is 0 Å². The van der Waals surface area contributed by atoms with Gasteiger partial charge in [-0.3, -0.25) is 0 Å². The maximum Gasteiger partial charge on any atom is 0.211 e. The highest BCUT2D eigenvalue weighted by Gasteiger charge is 2.02. The largest absolute Gasteiger partial charge is 0.461 e. The Bertz CT molecular complexity index is 595. The zero-order chi connectivity index (χ0) is 13.0. The Morgan fingerprint density at radius 1 is 1.22 bits per heavy atom. The number of rotatable bonds is 3. The molecule has 0 saturated carbocycles. The van der Waals surface area contributed by atoms with Crippen LogP contribution in [0.25, 0.3) is 11.3 Å². The monoisotopic (exact) mass is 242 g/mol. The van der Waals surface area contributed by atoms with Crippen LogP contribution in [0.1, 0.15) is 11.3 Å². The summed E-state index contributed by atoms with van der Waals surface area (Å²) in [7, 11) is 0. The van der Waals surface area contributed by atoms with Crippen LogP contribution < -0.4 is 11.5 Å². The van der Waals surface area contributed by atoms with Crippen molar-refractivity contribution in [3.63, 3.8) is 0 Å². The highest BCUT2D eigenvalue weighted by atomic mass is 16.3. The predicted molar refractivity (Wildman–Crippen MR) is 72.3 cm³/mol. The van der Waals surface area contributed by atoms with Gasteiger partial charge in [0.1, 0.15) is 11.5 Å². The molecule has 92 valence electrons. The molecule has 1 heterocycles. The molecule has 0 spiro atoms. The molecule has 2 aromatic rings. The average Bonchev–Trinajstić information content (AvgIpc) is 2.76. The van der Waals surface area contributed by atoms with Crippen LogP contribution in [-0.2, 0) is 0 Å². The Morgan fingerprint density at radius 2 is 2.06 bits per heavy atom. The van der Waals surface area contributed by atoms with Crippen LogP contribution in [0.15, 0.2) is 51.0 Å². The fourth-order valence-corrected chi connectivity index (χ4v) is 1.52. The minimum atomic E-state index is -0.0657. The maximum atomic E-state index is 5.56. The summed E-state index contributed by atoms with van der Waals surface area (Å²) in [4.78, 5) is 0. The van der Waals surface area contributed by atoms with E-state index < -0.39 is 0 Å². The van der Waals surface area contributed by atoms with Crippen molar-refractivity contribution in [1.82, 2.24) is 0 Å². The topological polar surface area (TPSA) is 89.9 Å². The number of hydrogen-bond acceptors (Lipinski definition) is 3. The lowest BCUT2D eigenvalue weighted by Gasteiger charge is -1.98. The molecule has 0 atom stereocenters. The molecule has 0 aliphatic carbocycles. The van der Waals surface area contributed by atoms with E-state index in [1.54, 1.807) is 6.21 Å². The molecular formula is C13H14N4O. The zero-order valence-corrected chi connectivity index (χ0v) is 10.00. The Balaban J connectivity index is 2.25. The Hall–Kier alpha value is -2.56. The van der Waals surface area contributed by atoms with Crippen molar-refractivity contribution in [2.24, 2.45) is 21.7 Å². The van der Waals surface area contributed by atoms with Gasteiger partial charge < -0.3 is 15.9 Å². The summed E-state index contributed by atoms with van der Waals surface area (Å²) in [6.07, 6.45) is 1.58. The van der Waals surface area contributed by atoms with Crippen molar-refractivity contribution >= 4 is 12.2 Å². The van der Waals surface area contributed by atoms with Crippen molar-refractivity contribution < 1.29 is 4.42 Å². The molecule has 1 aromatic carbocycles. The minimum absolute atomic E-state index is 0.0657. The minimum Gasteiger partial charge on any atom is -0.461 e. The normalized spacial score (nSPS) is 10.7. The first-order valence-electron chi connectivity index (χ1n) is 5.44. The van der Waals surface area contributed by atoms with E-state index in [2.05, 4.69) is 10.2 Å². The summed E-state index contributed by atoms with van der Waals surface area (Å²) in [5.74, 6) is 1.64. The molecule has 0 unspecified atom stereocenters. The molecule has 0 saturated heterocycles. The molecule has 0 fully saturated rings. The van der Waals surface area contributed by atoms with Crippen LogP contribution in [0.3, 0.4) is 0 Å². The second-order valence-corrected chi connectivity index (χ2v) is 3.81. The van der Waals surface area contributed by atoms with Crippen molar-refractivity contribution in [2.75, 3.05) is 0 Å². The molecular weight excluding hydrogens is 228 g/mol. The standard InChI is InChI=1S/C13H14N4O/c1-9-5-6-12(18-9)11-4-2-3-10(7-11)8-16-17-13(14)15/h2-8H,1H3,(H4,14,15,17). The van der Waals surface area contributed by atoms with E-state index in [9.17, 15) is 0 Å². The third kappa shape index (κ3) is 2.98. The average molecular weight is 242 g/mol. The van der Waals surface area contributed by atoms with Crippen LogP contribution in [0, 0.1) is 6.92 Å². The van der Waals surface area contributed by atoms with Crippen LogP contribution in [0.2, 0.25) is 0 Å². The lowest BCUT2D eigenvalue weighted by Crippen LogP contribution is -2.21. The smallest absolute Gasteiger partial charge is 0.211 e. The van der Waals surface area contributed by atoms with Crippen LogP contribution in [0.5, 0.6) is 0 Å². The molecule has 0 aliphatic rings. The molecule has 4 N–H and O–H groups in total. The second kappa shape index (κ2) is 5.18. The van der Waals surface area contributed by atoms with Crippen LogP contribution in [0.4, 0.5) is 0 Å². The number of nitrogens with zero attached hydrogens (tertiary/aromatic N) is 2. The first kappa shape index (κ1) is 11.9. The first-order valence-corrected chi connectivity index (χ1v) is 5.44. The molecule has 0 bridgehead atoms. The first-order chi connectivity index (χ1) is 8.65. The second-order valence-electron chi connectivity index (χ2n) is 3.81. The Morgan fingerprint density at radius 3 is 2.72 bits per heavy atom. The predicted octanol–water partition coefficient (Wildman–Crippen LogP) is 1.86. The van der Waals surface area contributed by atoms with Gasteiger partial charge >= 0.3 is 0 Å². The van der Waals surface area contributed by atoms with Crippen molar-refractivity contribution in [1.29, 1.82) is 0 Å². The zero-order valence-electron chi connectivity index (χ0n) is 10.00. The van der Waals surface area contributed by atoms with E-state index in [0.29, 0.717) is 0 Å². The Labute approximate surface area is 105 Å². The fourth-order valence-electron chi connectivity index (χ4n) is 1.52. The summed E-state index contributed by atoms with van der Waals surface area (Å²) < 4.78 is 5.56. The van der Waals surface area contributed by atoms with E-state index >= 15 is 0 Å². The van der Waals surface area contributed by atoms with Crippen molar-refractivity contribution in [3.05, 3.63) is 47.7 Å². The number of hydrogen-bond donors (Lipinski definition) is 2. The van der Waals surface area contributed by atoms with Gasteiger partial charge in [-0.1, -0.05) is 18.2 Å². The van der Waals surface area contributed by atoms with Crippen molar-refractivity contribution in [2.45, 2.75) is 6.92 Å². The summed E-state index contributed by atoms with van der Waals surface area (Å²) in [6.45, 7) is 1.91. The van der Waals surface area contributed by atoms with Gasteiger partial charge in [-0.2, -0.15) is 5.10 Å². The fraction of sp³-hybridized carbons (Fsp3) is 0.0769. The molecule has 2 rings (SSSR count). The van der Waals surface area contributed by atoms with E-state index in [4.69, 9.17) is 15.9 Å². The summed E-state index contributed by atoms with van der Waals surface area (Å²) in [5, 5.41) is 7.31. The Kier molecular flexibility index (Phi) is 3.43. The van der Waals surface area contributed by atoms with Gasteiger partial charge in [0.2, 0.25) is 5.96 Å².